The van der Waals surface area contributed by atoms with E-state index in [0.717, 1.165) is 16.9 Å². The average molecular weight is 258 g/mol. The van der Waals surface area contributed by atoms with Crippen LogP contribution < -0.4 is 11.1 Å². The fourth-order valence-corrected chi connectivity index (χ4v) is 1.95. The Morgan fingerprint density at radius 3 is 2.79 bits per heavy atom. The summed E-state index contributed by atoms with van der Waals surface area (Å²) in [6.07, 6.45) is 1.67. The minimum Gasteiger partial charge on any atom is -0.468 e. The van der Waals surface area contributed by atoms with Gasteiger partial charge in [-0.25, -0.2) is 0 Å². The summed E-state index contributed by atoms with van der Waals surface area (Å²) in [5.41, 5.74) is 7.99. The monoisotopic (exact) mass is 258 g/mol. The van der Waals surface area contributed by atoms with Crippen LogP contribution in [0.3, 0.4) is 0 Å². The summed E-state index contributed by atoms with van der Waals surface area (Å²) in [4.78, 5) is 11.1. The molecular weight excluding hydrogens is 240 g/mol. The zero-order chi connectivity index (χ0) is 13.8. The lowest BCUT2D eigenvalue weighted by atomic mass is 10.0. The summed E-state index contributed by atoms with van der Waals surface area (Å²) in [5.74, 6) is 0.512. The zero-order valence-electron chi connectivity index (χ0n) is 11.1. The zero-order valence-corrected chi connectivity index (χ0v) is 11.1. The minimum atomic E-state index is -0.397. The number of nitrogens with one attached hydrogen (secondary N) is 1. The first-order chi connectivity index (χ1) is 9.08. The van der Waals surface area contributed by atoms with Gasteiger partial charge in [0.25, 0.3) is 0 Å². The molecule has 1 unspecified atom stereocenters. The molecule has 0 fully saturated rings. The third kappa shape index (κ3) is 3.23. The van der Waals surface area contributed by atoms with Gasteiger partial charge >= 0.3 is 0 Å². The summed E-state index contributed by atoms with van der Waals surface area (Å²) >= 11 is 0. The van der Waals surface area contributed by atoms with Crippen LogP contribution in [0.4, 0.5) is 0 Å². The Morgan fingerprint density at radius 1 is 1.42 bits per heavy atom. The molecule has 0 aliphatic carbocycles. The average Bonchev–Trinajstić information content (AvgIpc) is 2.90. The maximum Gasteiger partial charge on any atom is 0.248 e. The van der Waals surface area contributed by atoms with Crippen molar-refractivity contribution in [3.63, 3.8) is 0 Å². The summed E-state index contributed by atoms with van der Waals surface area (Å²) in [6.45, 7) is 4.74. The Bertz CT molecular complexity index is 562. The van der Waals surface area contributed by atoms with E-state index in [1.54, 1.807) is 12.3 Å². The molecular formula is C15H18N2O2. The van der Waals surface area contributed by atoms with Crippen LogP contribution in [-0.4, -0.2) is 5.91 Å². The summed E-state index contributed by atoms with van der Waals surface area (Å²) in [6, 6.07) is 9.46. The standard InChI is InChI=1S/C15H18N2O2/c1-10-8-12(15(16)18)5-6-13(10)9-17-11(2)14-4-3-7-19-14/h3-8,11,17H,9H2,1-2H3,(H2,16,18). The Hall–Kier alpha value is -2.07. The number of hydrogen-bond donors (Lipinski definition) is 2. The van der Waals surface area contributed by atoms with Gasteiger partial charge in [-0.05, 0) is 49.2 Å². The van der Waals surface area contributed by atoms with Crippen molar-refractivity contribution in [2.75, 3.05) is 0 Å². The van der Waals surface area contributed by atoms with Gasteiger partial charge < -0.3 is 15.5 Å². The number of hydrogen-bond acceptors (Lipinski definition) is 3. The molecule has 1 aromatic heterocycles. The third-order valence-electron chi connectivity index (χ3n) is 3.20. The highest BCUT2D eigenvalue weighted by Gasteiger charge is 2.09. The van der Waals surface area contributed by atoms with Crippen molar-refractivity contribution in [1.29, 1.82) is 0 Å². The Morgan fingerprint density at radius 2 is 2.21 bits per heavy atom. The molecule has 1 heterocycles. The fraction of sp³-hybridized carbons (Fsp3) is 0.267. The van der Waals surface area contributed by atoms with Gasteiger partial charge in [0, 0.05) is 12.1 Å². The molecule has 1 aromatic carbocycles. The van der Waals surface area contributed by atoms with Crippen molar-refractivity contribution < 1.29 is 9.21 Å². The molecule has 100 valence electrons. The Labute approximate surface area is 112 Å². The van der Waals surface area contributed by atoms with Crippen LogP contribution in [-0.2, 0) is 6.54 Å². The van der Waals surface area contributed by atoms with Crippen molar-refractivity contribution in [2.24, 2.45) is 5.73 Å². The topological polar surface area (TPSA) is 68.3 Å². The van der Waals surface area contributed by atoms with Crippen LogP contribution in [0.25, 0.3) is 0 Å². The second-order valence-electron chi connectivity index (χ2n) is 4.62. The molecule has 0 radical (unpaired) electrons. The first-order valence-corrected chi connectivity index (χ1v) is 6.24. The summed E-state index contributed by atoms with van der Waals surface area (Å²) in [7, 11) is 0. The van der Waals surface area contributed by atoms with E-state index < -0.39 is 5.91 Å². The highest BCUT2D eigenvalue weighted by atomic mass is 16.3. The van der Waals surface area contributed by atoms with E-state index in [0.29, 0.717) is 12.1 Å². The number of carbonyl (C=O) groups excluding carboxylic acids is 1. The molecule has 4 heteroatoms. The molecule has 0 bridgehead atoms. The van der Waals surface area contributed by atoms with Gasteiger partial charge in [0.1, 0.15) is 5.76 Å². The summed E-state index contributed by atoms with van der Waals surface area (Å²) in [5, 5.41) is 3.38. The molecule has 0 aliphatic rings. The van der Waals surface area contributed by atoms with Crippen molar-refractivity contribution in [1.82, 2.24) is 5.32 Å². The van der Waals surface area contributed by atoms with Crippen molar-refractivity contribution in [3.8, 4) is 0 Å². The lowest BCUT2D eigenvalue weighted by Gasteiger charge is -2.13. The molecule has 0 aliphatic heterocycles. The molecule has 3 N–H and O–H groups in total. The SMILES string of the molecule is Cc1cc(C(N)=O)ccc1CNC(C)c1ccco1. The Balaban J connectivity index is 2.02. The van der Waals surface area contributed by atoms with E-state index in [1.165, 1.54) is 0 Å². The van der Waals surface area contributed by atoms with E-state index in [-0.39, 0.29) is 6.04 Å². The lowest BCUT2D eigenvalue weighted by Crippen LogP contribution is -2.18. The maximum atomic E-state index is 11.1. The van der Waals surface area contributed by atoms with Gasteiger partial charge in [-0.1, -0.05) is 6.07 Å². The van der Waals surface area contributed by atoms with Crippen LogP contribution in [0.5, 0.6) is 0 Å². The van der Waals surface area contributed by atoms with Crippen LogP contribution >= 0.6 is 0 Å². The van der Waals surface area contributed by atoms with Crippen molar-refractivity contribution in [3.05, 3.63) is 59.0 Å². The molecule has 2 aromatic rings. The van der Waals surface area contributed by atoms with Gasteiger partial charge in [0.15, 0.2) is 0 Å². The van der Waals surface area contributed by atoms with Gasteiger partial charge in [0.2, 0.25) is 5.91 Å². The third-order valence-corrected chi connectivity index (χ3v) is 3.20. The molecule has 19 heavy (non-hydrogen) atoms. The molecule has 0 saturated carbocycles. The van der Waals surface area contributed by atoms with Gasteiger partial charge in [-0.3, -0.25) is 4.79 Å². The van der Waals surface area contributed by atoms with Crippen LogP contribution in [0.2, 0.25) is 0 Å². The minimum absolute atomic E-state index is 0.144. The van der Waals surface area contributed by atoms with Gasteiger partial charge in [0.05, 0.1) is 12.3 Å². The van der Waals surface area contributed by atoms with E-state index >= 15 is 0 Å². The number of carbonyl (C=O) groups is 1. The predicted octanol–water partition coefficient (Wildman–Crippen LogP) is 2.54. The fourth-order valence-electron chi connectivity index (χ4n) is 1.95. The molecule has 1 amide bonds. The number of furan rings is 1. The normalized spacial score (nSPS) is 12.3. The number of rotatable bonds is 5. The lowest BCUT2D eigenvalue weighted by molar-refractivity contribution is 0.1000. The molecule has 4 nitrogen and oxygen atoms in total. The number of benzene rings is 1. The number of aryl methyl sites for hydroxylation is 1. The first kappa shape index (κ1) is 13.4. The van der Waals surface area contributed by atoms with Gasteiger partial charge in [-0.15, -0.1) is 0 Å². The Kier molecular flexibility index (Phi) is 4.02. The van der Waals surface area contributed by atoms with Crippen molar-refractivity contribution >= 4 is 5.91 Å². The largest absolute Gasteiger partial charge is 0.468 e. The summed E-state index contributed by atoms with van der Waals surface area (Å²) < 4.78 is 5.34. The molecule has 2 rings (SSSR count). The molecule has 0 spiro atoms. The predicted molar refractivity (Wildman–Crippen MR) is 73.7 cm³/mol. The number of primary amides is 1. The highest BCUT2D eigenvalue weighted by molar-refractivity contribution is 5.93. The smallest absolute Gasteiger partial charge is 0.248 e. The first-order valence-electron chi connectivity index (χ1n) is 6.24. The highest BCUT2D eigenvalue weighted by Crippen LogP contribution is 2.15. The molecule has 1 atom stereocenters. The van der Waals surface area contributed by atoms with Crippen molar-refractivity contribution in [2.45, 2.75) is 26.4 Å². The van der Waals surface area contributed by atoms with E-state index in [9.17, 15) is 4.79 Å². The quantitative estimate of drug-likeness (QED) is 0.866. The maximum absolute atomic E-state index is 11.1. The number of amides is 1. The second kappa shape index (κ2) is 5.71. The molecule has 0 saturated heterocycles. The van der Waals surface area contributed by atoms with Gasteiger partial charge in [-0.2, -0.15) is 0 Å². The van der Waals surface area contributed by atoms with E-state index in [4.69, 9.17) is 10.2 Å². The van der Waals surface area contributed by atoms with E-state index in [2.05, 4.69) is 5.32 Å². The van der Waals surface area contributed by atoms with Crippen LogP contribution in [0, 0.1) is 6.92 Å². The number of nitrogens with two attached hydrogens (primary N) is 1. The van der Waals surface area contributed by atoms with E-state index in [1.807, 2.05) is 38.1 Å². The van der Waals surface area contributed by atoms with Crippen LogP contribution in [0.1, 0.15) is 40.2 Å². The van der Waals surface area contributed by atoms with Crippen LogP contribution in [0.15, 0.2) is 41.0 Å². The second-order valence-corrected chi connectivity index (χ2v) is 4.62.